The third-order valence-corrected chi connectivity index (χ3v) is 7.10. The molecule has 3 nitrogen and oxygen atoms in total. The molecule has 3 aromatic carbocycles. The fourth-order valence-electron chi connectivity index (χ4n) is 5.56. The van der Waals surface area contributed by atoms with Crippen molar-refractivity contribution in [1.82, 2.24) is 0 Å². The van der Waals surface area contributed by atoms with Crippen LogP contribution < -0.4 is 10.2 Å². The van der Waals surface area contributed by atoms with Crippen LogP contribution in [0.4, 0.5) is 11.4 Å². The molecule has 0 radical (unpaired) electrons. The van der Waals surface area contributed by atoms with Crippen LogP contribution in [0.25, 0.3) is 16.3 Å². The quantitative estimate of drug-likeness (QED) is 0.489. The smallest absolute Gasteiger partial charge is 0.164 e. The number of nitrogens with zero attached hydrogens (tertiary/aromatic N) is 1. The van der Waals surface area contributed by atoms with Crippen LogP contribution in [0.2, 0.25) is 0 Å². The highest BCUT2D eigenvalue weighted by Crippen LogP contribution is 2.51. The Morgan fingerprint density at radius 3 is 2.38 bits per heavy atom. The molecule has 0 saturated heterocycles. The van der Waals surface area contributed by atoms with Gasteiger partial charge in [0.15, 0.2) is 5.78 Å². The molecule has 2 aliphatic rings. The normalized spacial score (nSPS) is 19.4. The van der Waals surface area contributed by atoms with Gasteiger partial charge in [0.1, 0.15) is 0 Å². The molecule has 0 amide bonds. The molecule has 0 bridgehead atoms. The van der Waals surface area contributed by atoms with E-state index in [0.717, 1.165) is 36.3 Å². The molecule has 1 aliphatic carbocycles. The zero-order valence-electron chi connectivity index (χ0n) is 19.5. The summed E-state index contributed by atoms with van der Waals surface area (Å²) in [7, 11) is 0. The second-order valence-corrected chi connectivity index (χ2v) is 9.89. The van der Waals surface area contributed by atoms with Gasteiger partial charge in [-0.2, -0.15) is 0 Å². The van der Waals surface area contributed by atoms with Crippen LogP contribution in [-0.4, -0.2) is 18.9 Å². The third kappa shape index (κ3) is 3.40. The second-order valence-electron chi connectivity index (χ2n) is 9.89. The molecule has 0 spiro atoms. The van der Waals surface area contributed by atoms with Crippen molar-refractivity contribution in [1.29, 1.82) is 0 Å². The lowest BCUT2D eigenvalue weighted by atomic mass is 9.68. The molecule has 1 N–H and O–H groups in total. The Morgan fingerprint density at radius 1 is 0.938 bits per heavy atom. The van der Waals surface area contributed by atoms with Gasteiger partial charge in [-0.1, -0.05) is 62.4 Å². The molecular weight excluding hydrogens is 392 g/mol. The van der Waals surface area contributed by atoms with Crippen molar-refractivity contribution in [2.45, 2.75) is 46.6 Å². The van der Waals surface area contributed by atoms with E-state index in [1.165, 1.54) is 27.6 Å². The zero-order valence-corrected chi connectivity index (χ0v) is 19.5. The third-order valence-electron chi connectivity index (χ3n) is 7.10. The van der Waals surface area contributed by atoms with Gasteiger partial charge in [0.25, 0.3) is 0 Å². The molecule has 0 aromatic heterocycles. The minimum Gasteiger partial charge on any atom is -0.373 e. The lowest BCUT2D eigenvalue weighted by Gasteiger charge is -2.40. The Labute approximate surface area is 191 Å². The van der Waals surface area contributed by atoms with Gasteiger partial charge < -0.3 is 10.2 Å². The van der Waals surface area contributed by atoms with Gasteiger partial charge >= 0.3 is 0 Å². The number of hydrogen-bond donors (Lipinski definition) is 1. The minimum atomic E-state index is -0.0225. The van der Waals surface area contributed by atoms with E-state index in [4.69, 9.17) is 0 Å². The van der Waals surface area contributed by atoms with Gasteiger partial charge in [-0.15, -0.1) is 0 Å². The van der Waals surface area contributed by atoms with Crippen LogP contribution in [0.15, 0.2) is 66.2 Å². The first-order chi connectivity index (χ1) is 15.4. The van der Waals surface area contributed by atoms with Crippen molar-refractivity contribution in [3.8, 4) is 0 Å². The summed E-state index contributed by atoms with van der Waals surface area (Å²) in [5.74, 6) is 0.277. The van der Waals surface area contributed by atoms with E-state index in [-0.39, 0.29) is 17.2 Å². The number of anilines is 2. The Morgan fingerprint density at radius 2 is 1.66 bits per heavy atom. The topological polar surface area (TPSA) is 32.3 Å². The van der Waals surface area contributed by atoms with Crippen molar-refractivity contribution in [3.05, 3.63) is 77.4 Å². The molecular formula is C29H32N2O. The zero-order chi connectivity index (χ0) is 22.5. The van der Waals surface area contributed by atoms with E-state index < -0.39 is 0 Å². The summed E-state index contributed by atoms with van der Waals surface area (Å²) >= 11 is 0. The van der Waals surface area contributed by atoms with Crippen molar-refractivity contribution < 1.29 is 4.79 Å². The van der Waals surface area contributed by atoms with Crippen molar-refractivity contribution >= 4 is 33.5 Å². The minimum absolute atomic E-state index is 0.0117. The number of allylic oxidation sites excluding steroid dienone is 1. The number of hydrogen-bond acceptors (Lipinski definition) is 3. The van der Waals surface area contributed by atoms with Crippen LogP contribution in [0.1, 0.15) is 57.7 Å². The van der Waals surface area contributed by atoms with Crippen LogP contribution in [0.5, 0.6) is 0 Å². The van der Waals surface area contributed by atoms with Gasteiger partial charge in [0.05, 0.1) is 11.7 Å². The molecule has 0 fully saturated rings. The average Bonchev–Trinajstić information content (AvgIpc) is 2.78. The number of carbonyl (C=O) groups is 1. The summed E-state index contributed by atoms with van der Waals surface area (Å²) < 4.78 is 0. The predicted octanol–water partition coefficient (Wildman–Crippen LogP) is 7.00. The van der Waals surface area contributed by atoms with Gasteiger partial charge in [0, 0.05) is 41.7 Å². The van der Waals surface area contributed by atoms with Crippen molar-refractivity contribution in [3.63, 3.8) is 0 Å². The van der Waals surface area contributed by atoms with E-state index in [1.807, 2.05) is 0 Å². The number of fused-ring (bicyclic) bond motifs is 4. The lowest BCUT2D eigenvalue weighted by molar-refractivity contribution is -0.116. The Kier molecular flexibility index (Phi) is 5.08. The SMILES string of the molecule is CCN(CC)c1ccc([C@H]2Nc3c(ccc4ccccc34)C3=C2CC(C)(C)CC3=O)cc1. The van der Waals surface area contributed by atoms with Crippen molar-refractivity contribution in [2.24, 2.45) is 5.41 Å². The van der Waals surface area contributed by atoms with Crippen LogP contribution in [0.3, 0.4) is 0 Å². The summed E-state index contributed by atoms with van der Waals surface area (Å²) in [6.45, 7) is 10.8. The molecule has 0 unspecified atom stereocenters. The standard InChI is InChI=1S/C29H32N2O/c1-5-31(6-2)21-14-11-20(12-15-21)27-24-17-29(3,4)18-25(32)26(24)23-16-13-19-9-7-8-10-22(19)28(23)30-27/h7-16,27,30H,5-6,17-18H2,1-4H3/t27-/m1/s1. The maximum absolute atomic E-state index is 13.4. The van der Waals surface area contributed by atoms with E-state index >= 15 is 0 Å². The molecule has 1 atom stereocenters. The van der Waals surface area contributed by atoms with Crippen LogP contribution in [-0.2, 0) is 4.79 Å². The molecule has 0 saturated carbocycles. The highest BCUT2D eigenvalue weighted by atomic mass is 16.1. The Bertz CT molecular complexity index is 1220. The first-order valence-corrected chi connectivity index (χ1v) is 11.8. The second kappa shape index (κ2) is 7.81. The number of nitrogens with one attached hydrogen (secondary N) is 1. The molecule has 1 aliphatic heterocycles. The van der Waals surface area contributed by atoms with E-state index in [1.54, 1.807) is 0 Å². The number of rotatable bonds is 4. The lowest BCUT2D eigenvalue weighted by Crippen LogP contribution is -2.32. The highest BCUT2D eigenvalue weighted by Gasteiger charge is 2.40. The summed E-state index contributed by atoms with van der Waals surface area (Å²) in [6, 6.07) is 21.6. The Balaban J connectivity index is 1.68. The molecule has 3 heteroatoms. The first-order valence-electron chi connectivity index (χ1n) is 11.8. The van der Waals surface area contributed by atoms with Gasteiger partial charge in [-0.25, -0.2) is 0 Å². The fourth-order valence-corrected chi connectivity index (χ4v) is 5.56. The molecule has 164 valence electrons. The van der Waals surface area contributed by atoms with E-state index in [9.17, 15) is 4.79 Å². The van der Waals surface area contributed by atoms with Gasteiger partial charge in [-0.05, 0) is 54.3 Å². The van der Waals surface area contributed by atoms with Crippen molar-refractivity contribution in [2.75, 3.05) is 23.3 Å². The van der Waals surface area contributed by atoms with Gasteiger partial charge in [0.2, 0.25) is 0 Å². The number of benzene rings is 3. The molecule has 3 aromatic rings. The molecule has 1 heterocycles. The largest absolute Gasteiger partial charge is 0.373 e. The maximum atomic E-state index is 13.4. The molecule has 5 rings (SSSR count). The Hall–Kier alpha value is -3.07. The fraction of sp³-hybridized carbons (Fsp3) is 0.345. The summed E-state index contributed by atoms with van der Waals surface area (Å²) in [5, 5.41) is 6.24. The van der Waals surface area contributed by atoms with Gasteiger partial charge in [-0.3, -0.25) is 4.79 Å². The predicted molar refractivity (Wildman–Crippen MR) is 135 cm³/mol. The first kappa shape index (κ1) is 20.8. The maximum Gasteiger partial charge on any atom is 0.164 e. The summed E-state index contributed by atoms with van der Waals surface area (Å²) in [6.07, 6.45) is 1.53. The monoisotopic (exact) mass is 424 g/mol. The molecule has 32 heavy (non-hydrogen) atoms. The summed E-state index contributed by atoms with van der Waals surface area (Å²) in [5.41, 5.74) is 6.78. The van der Waals surface area contributed by atoms with E-state index in [0.29, 0.717) is 6.42 Å². The van der Waals surface area contributed by atoms with Crippen LogP contribution >= 0.6 is 0 Å². The summed E-state index contributed by atoms with van der Waals surface area (Å²) in [4.78, 5) is 15.8. The number of ketones is 1. The highest BCUT2D eigenvalue weighted by molar-refractivity contribution is 6.26. The van der Waals surface area contributed by atoms with Crippen LogP contribution in [0, 0.1) is 5.41 Å². The number of carbonyl (C=O) groups excluding carboxylic acids is 1. The number of Topliss-reactive ketones (excluding diaryl/α,β-unsaturated/α-hetero) is 1. The van der Waals surface area contributed by atoms with E-state index in [2.05, 4.69) is 98.6 Å². The average molecular weight is 425 g/mol.